The second-order valence-corrected chi connectivity index (χ2v) is 4.66. The number of carbonyl (C=O) groups excluding carboxylic acids is 1. The monoisotopic (exact) mass is 334 g/mol. The van der Waals surface area contributed by atoms with E-state index in [2.05, 4.69) is 20.7 Å². The molecular formula is C8H5BrClNaO4S. The van der Waals surface area contributed by atoms with Gasteiger partial charge in [0, 0.05) is 9.37 Å². The molecule has 1 aromatic rings. The standard InChI is InChI=1S/C8H6BrClO4S.Na/c1-14-8(11)4-2-7(15(12)13)5(9)3-6(4)10;/h2-3H,1H3,(H,12,13);/q;+1/p-1. The van der Waals surface area contributed by atoms with Crippen molar-refractivity contribution in [2.45, 2.75) is 4.90 Å². The van der Waals surface area contributed by atoms with Crippen LogP contribution in [0, 0.1) is 0 Å². The van der Waals surface area contributed by atoms with Crippen LogP contribution >= 0.6 is 27.5 Å². The minimum Gasteiger partial charge on any atom is -0.768 e. The Morgan fingerprint density at radius 1 is 1.56 bits per heavy atom. The molecule has 0 amide bonds. The number of carbonyl (C=O) groups is 1. The topological polar surface area (TPSA) is 66.4 Å². The van der Waals surface area contributed by atoms with Gasteiger partial charge in [-0.25, -0.2) is 4.79 Å². The number of rotatable bonds is 2. The van der Waals surface area contributed by atoms with E-state index >= 15 is 0 Å². The van der Waals surface area contributed by atoms with Crippen LogP contribution in [-0.4, -0.2) is 21.8 Å². The van der Waals surface area contributed by atoms with Crippen LogP contribution < -0.4 is 29.6 Å². The van der Waals surface area contributed by atoms with E-state index in [1.54, 1.807) is 0 Å². The molecule has 82 valence electrons. The minimum absolute atomic E-state index is 0. The van der Waals surface area contributed by atoms with Crippen LogP contribution in [0.5, 0.6) is 0 Å². The zero-order valence-corrected chi connectivity index (χ0v) is 13.6. The van der Waals surface area contributed by atoms with E-state index < -0.39 is 17.0 Å². The summed E-state index contributed by atoms with van der Waals surface area (Å²) in [7, 11) is 1.19. The summed E-state index contributed by atoms with van der Waals surface area (Å²) in [5.41, 5.74) is 0.0153. The summed E-state index contributed by atoms with van der Waals surface area (Å²) in [6.45, 7) is 0. The van der Waals surface area contributed by atoms with Crippen molar-refractivity contribution >= 4 is 44.6 Å². The van der Waals surface area contributed by atoms with Crippen molar-refractivity contribution in [3.63, 3.8) is 0 Å². The van der Waals surface area contributed by atoms with E-state index in [9.17, 15) is 13.6 Å². The van der Waals surface area contributed by atoms with Crippen LogP contribution in [0.25, 0.3) is 0 Å². The Labute approximate surface area is 130 Å². The van der Waals surface area contributed by atoms with E-state index in [0.29, 0.717) is 4.47 Å². The summed E-state index contributed by atoms with van der Waals surface area (Å²) in [5, 5.41) is 0.128. The van der Waals surface area contributed by atoms with Crippen molar-refractivity contribution in [1.82, 2.24) is 0 Å². The maximum Gasteiger partial charge on any atom is 1.00 e. The molecule has 0 aliphatic heterocycles. The second-order valence-electron chi connectivity index (χ2n) is 2.49. The predicted octanol–water partition coefficient (Wildman–Crippen LogP) is -0.869. The van der Waals surface area contributed by atoms with E-state index in [4.69, 9.17) is 11.6 Å². The number of ether oxygens (including phenoxy) is 1. The summed E-state index contributed by atoms with van der Waals surface area (Å²) in [6.07, 6.45) is 0. The van der Waals surface area contributed by atoms with E-state index in [-0.39, 0.29) is 45.0 Å². The van der Waals surface area contributed by atoms with Crippen molar-refractivity contribution in [3.8, 4) is 0 Å². The normalized spacial score (nSPS) is 11.5. The Balaban J connectivity index is 0.00000225. The third-order valence-electron chi connectivity index (χ3n) is 1.61. The van der Waals surface area contributed by atoms with Gasteiger partial charge in [-0.3, -0.25) is 4.21 Å². The summed E-state index contributed by atoms with van der Waals surface area (Å²) >= 11 is 6.33. The molecule has 0 N–H and O–H groups in total. The molecule has 0 saturated heterocycles. The number of benzene rings is 1. The summed E-state index contributed by atoms with van der Waals surface area (Å²) < 4.78 is 26.3. The van der Waals surface area contributed by atoms with Gasteiger partial charge in [-0.2, -0.15) is 0 Å². The fourth-order valence-electron chi connectivity index (χ4n) is 0.923. The average Bonchev–Trinajstić information content (AvgIpc) is 2.16. The zero-order chi connectivity index (χ0) is 11.6. The van der Waals surface area contributed by atoms with Gasteiger partial charge in [0.15, 0.2) is 0 Å². The Bertz CT molecular complexity index is 440. The first-order chi connectivity index (χ1) is 6.97. The first kappa shape index (κ1) is 16.6. The largest absolute Gasteiger partial charge is 1.00 e. The molecule has 0 aliphatic carbocycles. The third-order valence-corrected chi connectivity index (χ3v) is 3.53. The molecular weight excluding hydrogens is 330 g/mol. The molecule has 0 aromatic heterocycles. The quantitative estimate of drug-likeness (QED) is 0.400. The Morgan fingerprint density at radius 2 is 2.12 bits per heavy atom. The van der Waals surface area contributed by atoms with E-state index in [0.717, 1.165) is 6.07 Å². The maximum atomic E-state index is 11.2. The maximum absolute atomic E-state index is 11.2. The molecule has 0 saturated carbocycles. The molecule has 0 bridgehead atoms. The molecule has 0 aliphatic rings. The van der Waals surface area contributed by atoms with Gasteiger partial charge in [0.1, 0.15) is 0 Å². The first-order valence-corrected chi connectivity index (χ1v) is 5.88. The van der Waals surface area contributed by atoms with Crippen molar-refractivity contribution in [3.05, 3.63) is 27.2 Å². The van der Waals surface area contributed by atoms with Crippen molar-refractivity contribution < 1.29 is 47.9 Å². The molecule has 0 spiro atoms. The number of hydrogen-bond donors (Lipinski definition) is 0. The van der Waals surface area contributed by atoms with Crippen LogP contribution in [0.4, 0.5) is 0 Å². The first-order valence-electron chi connectivity index (χ1n) is 3.64. The van der Waals surface area contributed by atoms with Crippen LogP contribution in [0.2, 0.25) is 5.02 Å². The fraction of sp³-hybridized carbons (Fsp3) is 0.125. The van der Waals surface area contributed by atoms with Crippen LogP contribution in [-0.2, 0) is 15.8 Å². The molecule has 16 heavy (non-hydrogen) atoms. The van der Waals surface area contributed by atoms with Crippen molar-refractivity contribution in [1.29, 1.82) is 0 Å². The molecule has 1 atom stereocenters. The second kappa shape index (κ2) is 7.10. The molecule has 0 fully saturated rings. The van der Waals surface area contributed by atoms with Gasteiger partial charge in [-0.1, -0.05) is 11.6 Å². The van der Waals surface area contributed by atoms with E-state index in [1.807, 2.05) is 0 Å². The minimum atomic E-state index is -2.44. The van der Waals surface area contributed by atoms with E-state index in [1.165, 1.54) is 13.2 Å². The average molecular weight is 336 g/mol. The van der Waals surface area contributed by atoms with Gasteiger partial charge in [-0.15, -0.1) is 0 Å². The molecule has 1 aromatic carbocycles. The number of methoxy groups -OCH3 is 1. The molecule has 1 unspecified atom stereocenters. The smallest absolute Gasteiger partial charge is 0.768 e. The van der Waals surface area contributed by atoms with Crippen molar-refractivity contribution in [2.24, 2.45) is 0 Å². The molecule has 0 heterocycles. The summed E-state index contributed by atoms with van der Waals surface area (Å²) in [5.74, 6) is -0.681. The molecule has 0 radical (unpaired) electrons. The number of esters is 1. The zero-order valence-electron chi connectivity index (χ0n) is 8.45. The van der Waals surface area contributed by atoms with Gasteiger partial charge in [0.05, 0.1) is 17.7 Å². The molecule has 4 nitrogen and oxygen atoms in total. The number of hydrogen-bond acceptors (Lipinski definition) is 4. The van der Waals surface area contributed by atoms with Gasteiger partial charge < -0.3 is 9.29 Å². The van der Waals surface area contributed by atoms with Gasteiger partial charge in [0.25, 0.3) is 0 Å². The van der Waals surface area contributed by atoms with Crippen LogP contribution in [0.3, 0.4) is 0 Å². The van der Waals surface area contributed by atoms with Crippen molar-refractivity contribution in [2.75, 3.05) is 7.11 Å². The molecule has 1 rings (SSSR count). The third kappa shape index (κ3) is 3.80. The van der Waals surface area contributed by atoms with Gasteiger partial charge in [0.2, 0.25) is 0 Å². The van der Waals surface area contributed by atoms with Crippen LogP contribution in [0.15, 0.2) is 21.5 Å². The predicted molar refractivity (Wildman–Crippen MR) is 57.7 cm³/mol. The van der Waals surface area contributed by atoms with Crippen LogP contribution in [0.1, 0.15) is 10.4 Å². The fourth-order valence-corrected chi connectivity index (χ4v) is 2.47. The Morgan fingerprint density at radius 3 is 2.56 bits per heavy atom. The molecule has 8 heteroatoms. The Kier molecular flexibility index (Phi) is 7.36. The SMILES string of the molecule is COC(=O)c1cc(S(=O)[O-])c(Br)cc1Cl.[Na+]. The summed E-state index contributed by atoms with van der Waals surface area (Å²) in [4.78, 5) is 11.2. The summed E-state index contributed by atoms with van der Waals surface area (Å²) in [6, 6.07) is 2.49. The van der Waals surface area contributed by atoms with Gasteiger partial charge in [-0.05, 0) is 39.1 Å². The number of halogens is 2. The Hall–Kier alpha value is 0.570. The van der Waals surface area contributed by atoms with Gasteiger partial charge >= 0.3 is 35.5 Å².